The van der Waals surface area contributed by atoms with Crippen LogP contribution in [0, 0.1) is 5.82 Å². The summed E-state index contributed by atoms with van der Waals surface area (Å²) in [6.45, 7) is 1.48. The van der Waals surface area contributed by atoms with Crippen LogP contribution in [0.5, 0.6) is 0 Å². The quantitative estimate of drug-likeness (QED) is 0.571. The maximum Gasteiger partial charge on any atom is 0.270 e. The fourth-order valence-electron chi connectivity index (χ4n) is 5.24. The van der Waals surface area contributed by atoms with E-state index in [4.69, 9.17) is 0 Å². The number of carbonyl (C=O) groups excluding carboxylic acids is 1. The summed E-state index contributed by atoms with van der Waals surface area (Å²) in [7, 11) is 0. The molecule has 1 aliphatic carbocycles. The Hall–Kier alpha value is -2.97. The molecule has 1 saturated heterocycles. The highest BCUT2D eigenvalue weighted by Crippen LogP contribution is 2.36. The topological polar surface area (TPSA) is 78.4 Å². The van der Waals surface area contributed by atoms with Crippen molar-refractivity contribution in [3.05, 3.63) is 71.4 Å². The number of para-hydroxylation sites is 1. The fraction of sp³-hybridized carbons (Fsp3) is 0.444. The van der Waals surface area contributed by atoms with Crippen molar-refractivity contribution >= 4 is 16.8 Å². The summed E-state index contributed by atoms with van der Waals surface area (Å²) in [5, 5.41) is 13.8. The lowest BCUT2D eigenvalue weighted by Crippen LogP contribution is -2.45. The zero-order chi connectivity index (χ0) is 24.4. The van der Waals surface area contributed by atoms with Gasteiger partial charge in [0.1, 0.15) is 17.0 Å². The Morgan fingerprint density at radius 1 is 1.14 bits per heavy atom. The Labute approximate surface area is 203 Å². The van der Waals surface area contributed by atoms with Crippen molar-refractivity contribution in [1.29, 1.82) is 0 Å². The van der Waals surface area contributed by atoms with Crippen LogP contribution in [0.3, 0.4) is 0 Å². The number of benzene rings is 1. The Bertz CT molecular complexity index is 1200. The molecule has 2 fully saturated rings. The number of halogens is 2. The molecule has 1 aliphatic heterocycles. The third kappa shape index (κ3) is 5.04. The molecule has 0 spiro atoms. The van der Waals surface area contributed by atoms with E-state index in [0.717, 1.165) is 18.4 Å². The minimum absolute atomic E-state index is 0.126. The predicted octanol–water partition coefficient (Wildman–Crippen LogP) is 4.26. The third-order valence-corrected chi connectivity index (χ3v) is 7.32. The van der Waals surface area contributed by atoms with E-state index < -0.39 is 23.5 Å². The van der Waals surface area contributed by atoms with Gasteiger partial charge < -0.3 is 10.4 Å². The molecule has 184 valence electrons. The second kappa shape index (κ2) is 9.95. The molecule has 2 aliphatic rings. The van der Waals surface area contributed by atoms with Gasteiger partial charge in [-0.05, 0) is 55.5 Å². The van der Waals surface area contributed by atoms with Gasteiger partial charge in [0, 0.05) is 31.2 Å². The number of alkyl halides is 1. The zero-order valence-electron chi connectivity index (χ0n) is 19.6. The number of nitrogens with one attached hydrogen (secondary N) is 1. The van der Waals surface area contributed by atoms with Crippen molar-refractivity contribution in [3.8, 4) is 0 Å². The molecule has 6 nitrogen and oxygen atoms in total. The average molecular weight is 481 g/mol. The van der Waals surface area contributed by atoms with E-state index in [1.807, 2.05) is 0 Å². The minimum Gasteiger partial charge on any atom is -0.391 e. The second-order valence-corrected chi connectivity index (χ2v) is 9.69. The van der Waals surface area contributed by atoms with Gasteiger partial charge in [-0.2, -0.15) is 0 Å². The number of hydrogen-bond donors (Lipinski definition) is 2. The Kier molecular flexibility index (Phi) is 6.75. The van der Waals surface area contributed by atoms with Crippen LogP contribution in [-0.4, -0.2) is 51.1 Å². The first-order chi connectivity index (χ1) is 16.9. The maximum absolute atomic E-state index is 15.5. The zero-order valence-corrected chi connectivity index (χ0v) is 19.6. The molecule has 2 aromatic heterocycles. The number of carbonyl (C=O) groups is 1. The molecule has 2 N–H and O–H groups in total. The van der Waals surface area contributed by atoms with E-state index in [1.165, 1.54) is 6.07 Å². The van der Waals surface area contributed by atoms with E-state index in [9.17, 15) is 14.3 Å². The minimum atomic E-state index is -1.46. The van der Waals surface area contributed by atoms with Crippen molar-refractivity contribution in [2.24, 2.45) is 0 Å². The first kappa shape index (κ1) is 23.8. The second-order valence-electron chi connectivity index (χ2n) is 9.69. The van der Waals surface area contributed by atoms with Gasteiger partial charge in [-0.1, -0.05) is 31.0 Å². The summed E-state index contributed by atoms with van der Waals surface area (Å²) in [6.07, 6.45) is 4.89. The van der Waals surface area contributed by atoms with Crippen LogP contribution >= 0.6 is 0 Å². The molecule has 0 bridgehead atoms. The predicted molar refractivity (Wildman–Crippen MR) is 129 cm³/mol. The summed E-state index contributed by atoms with van der Waals surface area (Å²) in [5.41, 5.74) is 0.0362. The van der Waals surface area contributed by atoms with Gasteiger partial charge in [-0.3, -0.25) is 14.7 Å². The molecule has 5 rings (SSSR count). The molecule has 0 radical (unpaired) electrons. The Morgan fingerprint density at radius 3 is 2.69 bits per heavy atom. The number of hydrogen-bond acceptors (Lipinski definition) is 5. The lowest BCUT2D eigenvalue weighted by molar-refractivity contribution is 0.0492. The number of pyridine rings is 2. The van der Waals surface area contributed by atoms with Gasteiger partial charge in [0.2, 0.25) is 0 Å². The number of nitrogens with zero attached hydrogens (tertiary/aromatic N) is 3. The number of amides is 1. The van der Waals surface area contributed by atoms with Gasteiger partial charge in [-0.25, -0.2) is 13.8 Å². The van der Waals surface area contributed by atoms with Gasteiger partial charge in [0.25, 0.3) is 5.91 Å². The fourth-order valence-corrected chi connectivity index (χ4v) is 5.24. The maximum atomic E-state index is 15.5. The number of aromatic nitrogens is 2. The van der Waals surface area contributed by atoms with E-state index in [2.05, 4.69) is 20.2 Å². The molecular formula is C27H30F2N4O2. The summed E-state index contributed by atoms with van der Waals surface area (Å²) in [5.74, 6) is -0.911. The SMILES string of the molecule is O=C(N[C@H]1CCCC[C@@H]1O)c1cc(CN2CCC(F)(c3ccccn3)CC2)c2cccc(F)c2n1. The molecule has 0 unspecified atom stereocenters. The van der Waals surface area contributed by atoms with Crippen molar-refractivity contribution < 1.29 is 18.7 Å². The summed E-state index contributed by atoms with van der Waals surface area (Å²) >= 11 is 0. The molecule has 3 aromatic rings. The van der Waals surface area contributed by atoms with E-state index in [0.29, 0.717) is 56.4 Å². The molecule has 2 atom stereocenters. The van der Waals surface area contributed by atoms with Crippen molar-refractivity contribution in [2.45, 2.75) is 62.9 Å². The van der Waals surface area contributed by atoms with Crippen molar-refractivity contribution in [3.63, 3.8) is 0 Å². The highest BCUT2D eigenvalue weighted by molar-refractivity contribution is 5.96. The lowest BCUT2D eigenvalue weighted by Gasteiger charge is -2.36. The molecular weight excluding hydrogens is 450 g/mol. The number of aliphatic hydroxyl groups is 1. The number of likely N-dealkylation sites (tertiary alicyclic amines) is 1. The van der Waals surface area contributed by atoms with Crippen LogP contribution in [0.4, 0.5) is 8.78 Å². The number of aliphatic hydroxyl groups excluding tert-OH is 1. The molecule has 35 heavy (non-hydrogen) atoms. The highest BCUT2D eigenvalue weighted by atomic mass is 19.1. The number of piperidine rings is 1. The molecule has 1 aromatic carbocycles. The Morgan fingerprint density at radius 2 is 1.94 bits per heavy atom. The largest absolute Gasteiger partial charge is 0.391 e. The van der Waals surface area contributed by atoms with Gasteiger partial charge in [0.05, 0.1) is 17.8 Å². The molecule has 8 heteroatoms. The summed E-state index contributed by atoms with van der Waals surface area (Å²) in [4.78, 5) is 23.7. The molecule has 3 heterocycles. The standard InChI is InChI=1S/C27H30F2N4O2/c28-20-7-5-6-19-18(17-33-14-11-27(29,12-15-33)24-10-3-4-13-30-24)16-22(31-25(19)20)26(35)32-21-8-1-2-9-23(21)34/h3-7,10,13,16,21,23,34H,1-2,8-9,11-12,14-15,17H2,(H,32,35)/t21-,23-/m0/s1. The van der Waals surface area contributed by atoms with Gasteiger partial charge >= 0.3 is 0 Å². The Balaban J connectivity index is 1.37. The first-order valence-electron chi connectivity index (χ1n) is 12.3. The first-order valence-corrected chi connectivity index (χ1v) is 12.3. The van der Waals surface area contributed by atoms with E-state index >= 15 is 4.39 Å². The van der Waals surface area contributed by atoms with Crippen LogP contribution < -0.4 is 5.32 Å². The van der Waals surface area contributed by atoms with Crippen LogP contribution in [-0.2, 0) is 12.2 Å². The van der Waals surface area contributed by atoms with Crippen LogP contribution in [0.25, 0.3) is 10.9 Å². The van der Waals surface area contributed by atoms with Crippen molar-refractivity contribution in [1.82, 2.24) is 20.2 Å². The van der Waals surface area contributed by atoms with Gasteiger partial charge in [-0.15, -0.1) is 0 Å². The van der Waals surface area contributed by atoms with E-state index in [-0.39, 0.29) is 17.3 Å². The van der Waals surface area contributed by atoms with E-state index in [1.54, 1.807) is 42.6 Å². The number of rotatable bonds is 5. The summed E-state index contributed by atoms with van der Waals surface area (Å²) in [6, 6.07) is 11.4. The molecule has 1 saturated carbocycles. The molecule has 1 amide bonds. The van der Waals surface area contributed by atoms with Gasteiger partial charge in [0.15, 0.2) is 5.67 Å². The monoisotopic (exact) mass is 480 g/mol. The lowest BCUT2D eigenvalue weighted by atomic mass is 9.89. The average Bonchev–Trinajstić information content (AvgIpc) is 2.88. The highest BCUT2D eigenvalue weighted by Gasteiger charge is 2.37. The normalized spacial score (nSPS) is 22.7. The smallest absolute Gasteiger partial charge is 0.270 e. The van der Waals surface area contributed by atoms with Crippen LogP contribution in [0.2, 0.25) is 0 Å². The van der Waals surface area contributed by atoms with Crippen LogP contribution in [0.1, 0.15) is 60.3 Å². The number of fused-ring (bicyclic) bond motifs is 1. The van der Waals surface area contributed by atoms with Crippen LogP contribution in [0.15, 0.2) is 48.7 Å². The van der Waals surface area contributed by atoms with Crippen molar-refractivity contribution in [2.75, 3.05) is 13.1 Å². The third-order valence-electron chi connectivity index (χ3n) is 7.32. The summed E-state index contributed by atoms with van der Waals surface area (Å²) < 4.78 is 30.2.